The Kier molecular flexibility index (Phi) is 6.44. The molecule has 0 radical (unpaired) electrons. The summed E-state index contributed by atoms with van der Waals surface area (Å²) in [6.45, 7) is 1.88. The summed E-state index contributed by atoms with van der Waals surface area (Å²) in [6.07, 6.45) is 4.95. The molecule has 7 nitrogen and oxygen atoms in total. The fraction of sp³-hybridized carbons (Fsp3) is 0.280. The van der Waals surface area contributed by atoms with Crippen molar-refractivity contribution in [3.05, 3.63) is 87.6 Å². The number of aromatic nitrogens is 4. The van der Waals surface area contributed by atoms with Gasteiger partial charge in [0.05, 0.1) is 17.6 Å². The number of aryl methyl sites for hydroxylation is 4. The summed E-state index contributed by atoms with van der Waals surface area (Å²) in [4.78, 5) is 37.1. The maximum atomic E-state index is 12.9. The molecule has 2 aromatic carbocycles. The van der Waals surface area contributed by atoms with Gasteiger partial charge in [0.25, 0.3) is 5.56 Å². The minimum atomic E-state index is -0.166. The molecular formula is C25H27N5O2. The molecule has 0 spiro atoms. The van der Waals surface area contributed by atoms with Gasteiger partial charge in [0.1, 0.15) is 5.69 Å². The highest BCUT2D eigenvalue weighted by atomic mass is 16.1. The molecule has 4 rings (SSSR count). The van der Waals surface area contributed by atoms with Crippen LogP contribution in [0.3, 0.4) is 0 Å². The lowest BCUT2D eigenvalue weighted by molar-refractivity contribution is -0.119. The van der Waals surface area contributed by atoms with Gasteiger partial charge in [-0.1, -0.05) is 36.4 Å². The lowest BCUT2D eigenvalue weighted by atomic mass is 10.1. The molecule has 0 aliphatic heterocycles. The number of benzene rings is 2. The Labute approximate surface area is 186 Å². The lowest BCUT2D eigenvalue weighted by Gasteiger charge is -2.11. The Hall–Kier alpha value is -3.74. The molecule has 0 unspecified atom stereocenters. The molecule has 0 atom stereocenters. The summed E-state index contributed by atoms with van der Waals surface area (Å²) in [6, 6.07) is 16.0. The molecule has 0 aliphatic carbocycles. The zero-order chi connectivity index (χ0) is 22.5. The summed E-state index contributed by atoms with van der Waals surface area (Å²) in [5.74, 6) is 0.390. The molecule has 0 saturated heterocycles. The average Bonchev–Trinajstić information content (AvgIpc) is 3.16. The summed E-state index contributed by atoms with van der Waals surface area (Å²) in [5.41, 5.74) is 10.7. The number of nitrogens with two attached hydrogens (primary N) is 1. The van der Waals surface area contributed by atoms with Crippen molar-refractivity contribution in [1.29, 1.82) is 0 Å². The molecule has 0 amide bonds. The van der Waals surface area contributed by atoms with Gasteiger partial charge in [0.15, 0.2) is 11.7 Å². The number of fused-ring (bicyclic) bond motifs is 1. The Morgan fingerprint density at radius 3 is 2.69 bits per heavy atom. The molecule has 2 aromatic heterocycles. The van der Waals surface area contributed by atoms with E-state index in [-0.39, 0.29) is 17.9 Å². The number of hydrogen-bond donors (Lipinski definition) is 2. The van der Waals surface area contributed by atoms with E-state index in [1.165, 1.54) is 5.56 Å². The number of imidazole rings is 1. The fourth-order valence-electron chi connectivity index (χ4n) is 3.86. The molecule has 3 N–H and O–H groups in total. The zero-order valence-electron chi connectivity index (χ0n) is 18.2. The van der Waals surface area contributed by atoms with Gasteiger partial charge in [0.2, 0.25) is 0 Å². The predicted octanol–water partition coefficient (Wildman–Crippen LogP) is 3.39. The topological polar surface area (TPSA) is 107 Å². The van der Waals surface area contributed by atoms with E-state index in [1.54, 1.807) is 10.8 Å². The molecule has 4 aromatic rings. The molecule has 0 saturated carbocycles. The van der Waals surface area contributed by atoms with Crippen LogP contribution in [0.5, 0.6) is 0 Å². The van der Waals surface area contributed by atoms with Crippen LogP contribution in [-0.2, 0) is 30.6 Å². The number of carbonyl (C=O) groups excluding carboxylic acids is 1. The number of hydrogen-bond acceptors (Lipinski definition) is 5. The lowest BCUT2D eigenvalue weighted by Crippen LogP contribution is -2.30. The summed E-state index contributed by atoms with van der Waals surface area (Å²) in [7, 11) is 0. The van der Waals surface area contributed by atoms with Crippen LogP contribution in [0.4, 0.5) is 5.95 Å². The first-order valence-electron chi connectivity index (χ1n) is 10.8. The van der Waals surface area contributed by atoms with Gasteiger partial charge < -0.3 is 15.3 Å². The second kappa shape index (κ2) is 9.60. The number of aromatic amines is 1. The molecule has 0 fully saturated rings. The van der Waals surface area contributed by atoms with Crippen LogP contribution in [0.15, 0.2) is 59.5 Å². The Morgan fingerprint density at radius 2 is 1.88 bits per heavy atom. The summed E-state index contributed by atoms with van der Waals surface area (Å²) >= 11 is 0. The number of rotatable bonds is 9. The van der Waals surface area contributed by atoms with Gasteiger partial charge in [-0.15, -0.1) is 0 Å². The van der Waals surface area contributed by atoms with Crippen molar-refractivity contribution in [3.8, 4) is 0 Å². The van der Waals surface area contributed by atoms with Crippen LogP contribution in [0.1, 0.15) is 35.4 Å². The van der Waals surface area contributed by atoms with Crippen LogP contribution in [-0.4, -0.2) is 25.3 Å². The van der Waals surface area contributed by atoms with Crippen molar-refractivity contribution in [1.82, 2.24) is 19.5 Å². The van der Waals surface area contributed by atoms with Crippen LogP contribution in [0.25, 0.3) is 11.0 Å². The highest BCUT2D eigenvalue weighted by molar-refractivity contribution is 5.80. The Bertz CT molecular complexity index is 1290. The number of H-pyrrole nitrogens is 1. The molecule has 2 heterocycles. The van der Waals surface area contributed by atoms with Gasteiger partial charge in [-0.25, -0.2) is 4.98 Å². The van der Waals surface area contributed by atoms with Crippen LogP contribution in [0.2, 0.25) is 0 Å². The fourth-order valence-corrected chi connectivity index (χ4v) is 3.86. The molecule has 0 aliphatic rings. The third-order valence-corrected chi connectivity index (χ3v) is 5.64. The first kappa shape index (κ1) is 21.5. The smallest absolute Gasteiger partial charge is 0.272 e. The van der Waals surface area contributed by atoms with Crippen LogP contribution < -0.4 is 11.3 Å². The number of ketones is 1. The normalized spacial score (nSPS) is 11.2. The van der Waals surface area contributed by atoms with Crippen molar-refractivity contribution in [2.24, 2.45) is 0 Å². The minimum absolute atomic E-state index is 0.0147. The highest BCUT2D eigenvalue weighted by Gasteiger charge is 2.12. The van der Waals surface area contributed by atoms with E-state index in [1.807, 2.05) is 43.3 Å². The number of Topliss-reactive ketones (excluding diaryl/α,β-unsaturated/α-hetero) is 1. The molecule has 32 heavy (non-hydrogen) atoms. The molecular weight excluding hydrogens is 402 g/mol. The van der Waals surface area contributed by atoms with E-state index in [0.717, 1.165) is 29.4 Å². The first-order chi connectivity index (χ1) is 15.5. The SMILES string of the molecule is Cc1cnc(CCCc2ccccc2)c(=O)n1CC(=O)CCc1ccc2nc(N)[nH]c2c1. The highest BCUT2D eigenvalue weighted by Crippen LogP contribution is 2.16. The van der Waals surface area contributed by atoms with E-state index in [0.29, 0.717) is 36.6 Å². The van der Waals surface area contributed by atoms with Crippen molar-refractivity contribution >= 4 is 22.8 Å². The van der Waals surface area contributed by atoms with Gasteiger partial charge in [-0.05, 0) is 55.9 Å². The maximum absolute atomic E-state index is 12.9. The van der Waals surface area contributed by atoms with E-state index < -0.39 is 0 Å². The average molecular weight is 430 g/mol. The van der Waals surface area contributed by atoms with Crippen LogP contribution >= 0.6 is 0 Å². The van der Waals surface area contributed by atoms with Gasteiger partial charge in [0, 0.05) is 18.3 Å². The van der Waals surface area contributed by atoms with Crippen molar-refractivity contribution in [3.63, 3.8) is 0 Å². The molecule has 7 heteroatoms. The predicted molar refractivity (Wildman–Crippen MR) is 126 cm³/mol. The van der Waals surface area contributed by atoms with E-state index in [4.69, 9.17) is 5.73 Å². The number of nitrogens with one attached hydrogen (secondary N) is 1. The van der Waals surface area contributed by atoms with E-state index in [9.17, 15) is 9.59 Å². The number of anilines is 1. The van der Waals surface area contributed by atoms with Crippen molar-refractivity contribution in [2.75, 3.05) is 5.73 Å². The van der Waals surface area contributed by atoms with E-state index >= 15 is 0 Å². The number of carbonyl (C=O) groups is 1. The largest absolute Gasteiger partial charge is 0.369 e. The molecule has 0 bridgehead atoms. The second-order valence-corrected chi connectivity index (χ2v) is 8.09. The monoisotopic (exact) mass is 429 g/mol. The van der Waals surface area contributed by atoms with Crippen molar-refractivity contribution < 1.29 is 4.79 Å². The minimum Gasteiger partial charge on any atom is -0.369 e. The third kappa shape index (κ3) is 5.11. The third-order valence-electron chi connectivity index (χ3n) is 5.64. The first-order valence-corrected chi connectivity index (χ1v) is 10.8. The Balaban J connectivity index is 1.37. The molecule has 164 valence electrons. The standard InChI is InChI=1S/C25H27N5O2/c1-17-15-27-22(9-5-8-18-6-3-2-4-7-18)24(32)30(17)16-20(31)12-10-19-11-13-21-23(14-19)29-25(26)28-21/h2-4,6-7,11,13-15H,5,8-10,12,16H2,1H3,(H3,26,28,29). The van der Waals surface area contributed by atoms with Gasteiger partial charge in [-0.2, -0.15) is 0 Å². The van der Waals surface area contributed by atoms with Crippen LogP contribution in [0, 0.1) is 6.92 Å². The Morgan fingerprint density at radius 1 is 1.06 bits per heavy atom. The summed E-state index contributed by atoms with van der Waals surface area (Å²) < 4.78 is 1.55. The maximum Gasteiger partial charge on any atom is 0.272 e. The zero-order valence-corrected chi connectivity index (χ0v) is 18.2. The van der Waals surface area contributed by atoms with Crippen molar-refractivity contribution in [2.45, 2.75) is 45.6 Å². The second-order valence-electron chi connectivity index (χ2n) is 8.09. The number of nitrogens with zero attached hydrogens (tertiary/aromatic N) is 3. The van der Waals surface area contributed by atoms with E-state index in [2.05, 4.69) is 27.1 Å². The summed E-state index contributed by atoms with van der Waals surface area (Å²) in [5, 5.41) is 0. The quantitative estimate of drug-likeness (QED) is 0.424. The number of nitrogen functional groups attached to an aromatic ring is 1. The van der Waals surface area contributed by atoms with Gasteiger partial charge in [-0.3, -0.25) is 14.6 Å². The van der Waals surface area contributed by atoms with Gasteiger partial charge >= 0.3 is 0 Å².